The number of rotatable bonds is 9. The number of carbonyl (C=O) groups is 1. The average Bonchev–Trinajstić information content (AvgIpc) is 2.44. The number of unbranched alkanes of at least 4 members (excludes halogenated alkanes) is 3. The molecule has 1 aromatic carbocycles. The molecule has 0 unspecified atom stereocenters. The molecule has 0 saturated carbocycles. The Morgan fingerprint density at radius 1 is 1.10 bits per heavy atom. The molecule has 0 radical (unpaired) electrons. The highest BCUT2D eigenvalue weighted by Gasteiger charge is 2.11. The Labute approximate surface area is 124 Å². The van der Waals surface area contributed by atoms with E-state index in [1.807, 2.05) is 30.3 Å². The fourth-order valence-electron chi connectivity index (χ4n) is 2.21. The lowest BCUT2D eigenvalue weighted by molar-refractivity contribution is -0.113. The van der Waals surface area contributed by atoms with Crippen LogP contribution in [0.4, 0.5) is 0 Å². The Balaban J connectivity index is 2.72. The van der Waals surface area contributed by atoms with Crippen LogP contribution in [0.25, 0.3) is 5.57 Å². The summed E-state index contributed by atoms with van der Waals surface area (Å²) in [7, 11) is 0. The molecule has 0 aromatic heterocycles. The second-order valence-corrected chi connectivity index (χ2v) is 5.85. The fourth-order valence-corrected chi connectivity index (χ4v) is 2.21. The van der Waals surface area contributed by atoms with Gasteiger partial charge in [-0.3, -0.25) is 4.79 Å². The summed E-state index contributed by atoms with van der Waals surface area (Å²) in [6.07, 6.45) is 8.38. The van der Waals surface area contributed by atoms with Crippen LogP contribution in [-0.2, 0) is 4.79 Å². The lowest BCUT2D eigenvalue weighted by Gasteiger charge is -2.08. The van der Waals surface area contributed by atoms with Gasteiger partial charge in [0.05, 0.1) is 0 Å². The molecule has 0 N–H and O–H groups in total. The zero-order valence-corrected chi connectivity index (χ0v) is 13.2. The molecule has 0 aliphatic rings. The molecule has 1 heteroatoms. The molecule has 0 saturated heterocycles. The van der Waals surface area contributed by atoms with Gasteiger partial charge < -0.3 is 0 Å². The van der Waals surface area contributed by atoms with Gasteiger partial charge in [-0.2, -0.15) is 0 Å². The van der Waals surface area contributed by atoms with Crippen molar-refractivity contribution in [2.24, 2.45) is 5.92 Å². The van der Waals surface area contributed by atoms with Gasteiger partial charge in [-0.1, -0.05) is 76.4 Å². The number of benzene rings is 1. The smallest absolute Gasteiger partial charge is 0.163 e. The molecule has 0 bridgehead atoms. The zero-order valence-electron chi connectivity index (χ0n) is 13.2. The minimum absolute atomic E-state index is 0.299. The van der Waals surface area contributed by atoms with E-state index in [0.717, 1.165) is 30.4 Å². The monoisotopic (exact) mass is 272 g/mol. The summed E-state index contributed by atoms with van der Waals surface area (Å²) in [5.74, 6) is 0.884. The van der Waals surface area contributed by atoms with Crippen molar-refractivity contribution >= 4 is 11.4 Å². The summed E-state index contributed by atoms with van der Waals surface area (Å²) in [6, 6.07) is 10.1. The lowest BCUT2D eigenvalue weighted by atomic mass is 9.95. The van der Waals surface area contributed by atoms with Crippen LogP contribution in [0.5, 0.6) is 0 Å². The number of allylic oxidation sites excluding steroid dienone is 2. The van der Waals surface area contributed by atoms with Crippen LogP contribution in [0, 0.1) is 5.92 Å². The first kappa shape index (κ1) is 16.7. The molecule has 0 amide bonds. The van der Waals surface area contributed by atoms with Gasteiger partial charge in [0.25, 0.3) is 0 Å². The van der Waals surface area contributed by atoms with Crippen LogP contribution in [0.1, 0.15) is 64.9 Å². The number of carbonyl (C=O) groups excluding carboxylic acids is 1. The van der Waals surface area contributed by atoms with Crippen LogP contribution < -0.4 is 0 Å². The van der Waals surface area contributed by atoms with Gasteiger partial charge in [0.1, 0.15) is 0 Å². The topological polar surface area (TPSA) is 17.1 Å². The third kappa shape index (κ3) is 6.18. The van der Waals surface area contributed by atoms with Crippen LogP contribution >= 0.6 is 0 Å². The van der Waals surface area contributed by atoms with Crippen molar-refractivity contribution in [1.29, 1.82) is 0 Å². The van der Waals surface area contributed by atoms with Crippen molar-refractivity contribution in [3.05, 3.63) is 42.0 Å². The molecular formula is C19H28O. The van der Waals surface area contributed by atoms with Gasteiger partial charge in [0, 0.05) is 12.0 Å². The molecule has 0 aliphatic carbocycles. The van der Waals surface area contributed by atoms with E-state index in [2.05, 4.69) is 26.8 Å². The molecule has 1 aromatic rings. The first-order valence-electron chi connectivity index (χ1n) is 7.94. The maximum Gasteiger partial charge on any atom is 0.163 e. The number of Topliss-reactive ketones (excluding diaryl/α,β-unsaturated/α-hetero) is 1. The molecule has 110 valence electrons. The van der Waals surface area contributed by atoms with Crippen LogP contribution in [0.15, 0.2) is 36.4 Å². The summed E-state index contributed by atoms with van der Waals surface area (Å²) >= 11 is 0. The zero-order chi connectivity index (χ0) is 14.8. The summed E-state index contributed by atoms with van der Waals surface area (Å²) in [5.41, 5.74) is 1.98. The molecule has 0 spiro atoms. The predicted molar refractivity (Wildman–Crippen MR) is 87.6 cm³/mol. The van der Waals surface area contributed by atoms with Crippen molar-refractivity contribution in [1.82, 2.24) is 0 Å². The minimum atomic E-state index is 0.299. The van der Waals surface area contributed by atoms with Gasteiger partial charge in [-0.15, -0.1) is 0 Å². The fraction of sp³-hybridized carbons (Fsp3) is 0.526. The van der Waals surface area contributed by atoms with E-state index in [4.69, 9.17) is 0 Å². The van der Waals surface area contributed by atoms with E-state index >= 15 is 0 Å². The molecule has 0 fully saturated rings. The van der Waals surface area contributed by atoms with E-state index in [-0.39, 0.29) is 0 Å². The predicted octanol–water partition coefficient (Wildman–Crippen LogP) is 5.66. The molecule has 0 aliphatic heterocycles. The normalized spacial score (nSPS) is 11.9. The van der Waals surface area contributed by atoms with E-state index in [1.165, 1.54) is 12.8 Å². The summed E-state index contributed by atoms with van der Waals surface area (Å²) in [6.45, 7) is 6.56. The number of hydrogen-bond donors (Lipinski definition) is 0. The highest BCUT2D eigenvalue weighted by molar-refractivity contribution is 6.20. The lowest BCUT2D eigenvalue weighted by Crippen LogP contribution is -2.03. The van der Waals surface area contributed by atoms with Crippen LogP contribution in [0.3, 0.4) is 0 Å². The minimum Gasteiger partial charge on any atom is -0.294 e. The third-order valence-corrected chi connectivity index (χ3v) is 3.44. The van der Waals surface area contributed by atoms with Crippen LogP contribution in [0.2, 0.25) is 0 Å². The SMILES string of the molecule is CCCCCCC(=O)/C(=C/CC(C)C)c1ccccc1. The van der Waals surface area contributed by atoms with Crippen LogP contribution in [-0.4, -0.2) is 5.78 Å². The Morgan fingerprint density at radius 2 is 1.80 bits per heavy atom. The Hall–Kier alpha value is -1.37. The number of ketones is 1. The van der Waals surface area contributed by atoms with Gasteiger partial charge >= 0.3 is 0 Å². The summed E-state index contributed by atoms with van der Waals surface area (Å²) < 4.78 is 0. The van der Waals surface area contributed by atoms with E-state index in [9.17, 15) is 4.79 Å². The van der Waals surface area contributed by atoms with Crippen molar-refractivity contribution in [2.75, 3.05) is 0 Å². The summed E-state index contributed by atoms with van der Waals surface area (Å²) in [4.78, 5) is 12.5. The molecule has 1 rings (SSSR count). The summed E-state index contributed by atoms with van der Waals surface area (Å²) in [5, 5.41) is 0. The van der Waals surface area contributed by atoms with E-state index < -0.39 is 0 Å². The standard InChI is InChI=1S/C19H28O/c1-4-5-6-10-13-19(20)18(15-14-16(2)3)17-11-8-7-9-12-17/h7-9,11-12,15-16H,4-6,10,13-14H2,1-3H3/b18-15+. The van der Waals surface area contributed by atoms with Gasteiger partial charge in [-0.25, -0.2) is 0 Å². The molecule has 0 atom stereocenters. The van der Waals surface area contributed by atoms with Crippen molar-refractivity contribution in [3.63, 3.8) is 0 Å². The van der Waals surface area contributed by atoms with Crippen molar-refractivity contribution < 1.29 is 4.79 Å². The Bertz CT molecular complexity index is 415. The average molecular weight is 272 g/mol. The first-order chi connectivity index (χ1) is 9.65. The molecule has 20 heavy (non-hydrogen) atoms. The maximum absolute atomic E-state index is 12.5. The second-order valence-electron chi connectivity index (χ2n) is 5.85. The van der Waals surface area contributed by atoms with E-state index in [1.54, 1.807) is 0 Å². The highest BCUT2D eigenvalue weighted by Crippen LogP contribution is 2.20. The molecule has 0 heterocycles. The van der Waals surface area contributed by atoms with E-state index in [0.29, 0.717) is 18.1 Å². The van der Waals surface area contributed by atoms with Crippen molar-refractivity contribution in [3.8, 4) is 0 Å². The molecular weight excluding hydrogens is 244 g/mol. The number of hydrogen-bond acceptors (Lipinski definition) is 1. The second kappa shape index (κ2) is 9.52. The maximum atomic E-state index is 12.5. The highest BCUT2D eigenvalue weighted by atomic mass is 16.1. The first-order valence-corrected chi connectivity index (χ1v) is 7.94. The Morgan fingerprint density at radius 3 is 2.40 bits per heavy atom. The third-order valence-electron chi connectivity index (χ3n) is 3.44. The van der Waals surface area contributed by atoms with Crippen molar-refractivity contribution in [2.45, 2.75) is 59.3 Å². The van der Waals surface area contributed by atoms with Gasteiger partial charge in [-0.05, 0) is 24.3 Å². The largest absolute Gasteiger partial charge is 0.294 e. The van der Waals surface area contributed by atoms with Gasteiger partial charge in [0.15, 0.2) is 5.78 Å². The van der Waals surface area contributed by atoms with Gasteiger partial charge in [0.2, 0.25) is 0 Å². The Kier molecular flexibility index (Phi) is 7.94. The quantitative estimate of drug-likeness (QED) is 0.419. The molecule has 1 nitrogen and oxygen atoms in total.